The summed E-state index contributed by atoms with van der Waals surface area (Å²) in [4.78, 5) is 27.6. The van der Waals surface area contributed by atoms with E-state index in [9.17, 15) is 18.0 Å². The molecule has 186 valence electrons. The van der Waals surface area contributed by atoms with Gasteiger partial charge in [0.25, 0.3) is 0 Å². The molecule has 2 rings (SSSR count). The van der Waals surface area contributed by atoms with Crippen molar-refractivity contribution < 1.29 is 27.5 Å². The van der Waals surface area contributed by atoms with Crippen molar-refractivity contribution in [2.75, 3.05) is 37.9 Å². The molecule has 9 nitrogen and oxygen atoms in total. The zero-order valence-electron chi connectivity index (χ0n) is 20.3. The van der Waals surface area contributed by atoms with Crippen molar-refractivity contribution in [3.05, 3.63) is 54.1 Å². The van der Waals surface area contributed by atoms with Crippen LogP contribution in [-0.2, 0) is 26.2 Å². The number of benzene rings is 2. The number of hydrogen-bond donors (Lipinski definition) is 1. The fraction of sp³-hybridized carbons (Fsp3) is 0.417. The van der Waals surface area contributed by atoms with Gasteiger partial charge >= 0.3 is 0 Å². The van der Waals surface area contributed by atoms with E-state index in [0.29, 0.717) is 12.3 Å². The van der Waals surface area contributed by atoms with E-state index in [1.807, 2.05) is 37.3 Å². The summed E-state index contributed by atoms with van der Waals surface area (Å²) in [5.41, 5.74) is 1.01. The summed E-state index contributed by atoms with van der Waals surface area (Å²) in [6.45, 7) is 3.70. The van der Waals surface area contributed by atoms with Crippen LogP contribution in [0.3, 0.4) is 0 Å². The van der Waals surface area contributed by atoms with Gasteiger partial charge in [-0.1, -0.05) is 37.3 Å². The minimum Gasteiger partial charge on any atom is -0.497 e. The van der Waals surface area contributed by atoms with E-state index in [1.165, 1.54) is 25.2 Å². The molecule has 0 radical (unpaired) electrons. The molecule has 34 heavy (non-hydrogen) atoms. The Morgan fingerprint density at radius 2 is 1.74 bits per heavy atom. The largest absolute Gasteiger partial charge is 0.497 e. The molecule has 0 unspecified atom stereocenters. The van der Waals surface area contributed by atoms with Gasteiger partial charge in [0.05, 0.1) is 26.2 Å². The molecular weight excluding hydrogens is 458 g/mol. The van der Waals surface area contributed by atoms with Crippen molar-refractivity contribution in [2.45, 2.75) is 32.9 Å². The summed E-state index contributed by atoms with van der Waals surface area (Å²) in [6.07, 6.45) is 1.77. The van der Waals surface area contributed by atoms with Gasteiger partial charge in [0.15, 0.2) is 0 Å². The lowest BCUT2D eigenvalue weighted by molar-refractivity contribution is -0.139. The Morgan fingerprint density at radius 3 is 2.29 bits per heavy atom. The molecule has 0 bridgehead atoms. The number of rotatable bonds is 12. The van der Waals surface area contributed by atoms with Crippen molar-refractivity contribution in [3.63, 3.8) is 0 Å². The monoisotopic (exact) mass is 491 g/mol. The van der Waals surface area contributed by atoms with Gasteiger partial charge in [-0.2, -0.15) is 0 Å². The Bertz CT molecular complexity index is 1080. The second-order valence-corrected chi connectivity index (χ2v) is 9.69. The van der Waals surface area contributed by atoms with E-state index in [0.717, 1.165) is 22.5 Å². The zero-order valence-corrected chi connectivity index (χ0v) is 21.1. The fourth-order valence-corrected chi connectivity index (χ4v) is 4.20. The van der Waals surface area contributed by atoms with Crippen LogP contribution in [-0.4, -0.2) is 64.7 Å². The molecular formula is C24H33N3O6S. The molecule has 0 aliphatic rings. The fourth-order valence-electron chi connectivity index (χ4n) is 3.34. The molecule has 0 aromatic heterocycles. The number of hydrogen-bond acceptors (Lipinski definition) is 6. The van der Waals surface area contributed by atoms with Crippen LogP contribution in [0.5, 0.6) is 11.5 Å². The number of nitrogens with zero attached hydrogens (tertiary/aromatic N) is 2. The minimum absolute atomic E-state index is 0.151. The van der Waals surface area contributed by atoms with Crippen LogP contribution < -0.4 is 19.1 Å². The number of methoxy groups -OCH3 is 2. The summed E-state index contributed by atoms with van der Waals surface area (Å²) in [7, 11) is -0.977. The van der Waals surface area contributed by atoms with Crippen molar-refractivity contribution in [3.8, 4) is 11.5 Å². The Balaban J connectivity index is 2.42. The highest BCUT2D eigenvalue weighted by Crippen LogP contribution is 2.33. The SMILES string of the molecule is CCCNC(=O)[C@@H](C)N(Cc1ccccc1)C(=O)CN(c1ccc(OC)cc1OC)S(C)(=O)=O. The van der Waals surface area contributed by atoms with E-state index in [4.69, 9.17) is 9.47 Å². The number of ether oxygens (including phenoxy) is 2. The van der Waals surface area contributed by atoms with Gasteiger partial charge in [0.1, 0.15) is 24.1 Å². The molecule has 2 aromatic carbocycles. The number of sulfonamides is 1. The normalized spacial score (nSPS) is 11.9. The van der Waals surface area contributed by atoms with Gasteiger partial charge in [-0.25, -0.2) is 8.42 Å². The number of carbonyl (C=O) groups is 2. The van der Waals surface area contributed by atoms with Crippen LogP contribution in [0.1, 0.15) is 25.8 Å². The summed E-state index contributed by atoms with van der Waals surface area (Å²) in [6, 6.07) is 13.1. The first-order chi connectivity index (χ1) is 16.1. The lowest BCUT2D eigenvalue weighted by atomic mass is 10.1. The average Bonchev–Trinajstić information content (AvgIpc) is 2.83. The van der Waals surface area contributed by atoms with Gasteiger partial charge in [-0.3, -0.25) is 13.9 Å². The quantitative estimate of drug-likeness (QED) is 0.489. The van der Waals surface area contributed by atoms with Gasteiger partial charge < -0.3 is 19.7 Å². The maximum absolute atomic E-state index is 13.5. The van der Waals surface area contributed by atoms with Crippen molar-refractivity contribution in [1.82, 2.24) is 10.2 Å². The topological polar surface area (TPSA) is 105 Å². The number of amides is 2. The van der Waals surface area contributed by atoms with Crippen molar-refractivity contribution >= 4 is 27.5 Å². The van der Waals surface area contributed by atoms with Crippen LogP contribution in [0.4, 0.5) is 5.69 Å². The van der Waals surface area contributed by atoms with Crippen LogP contribution in [0, 0.1) is 0 Å². The van der Waals surface area contributed by atoms with Crippen LogP contribution in [0.15, 0.2) is 48.5 Å². The molecule has 0 fully saturated rings. The Morgan fingerprint density at radius 1 is 1.06 bits per heavy atom. The zero-order chi connectivity index (χ0) is 25.3. The molecule has 0 saturated carbocycles. The minimum atomic E-state index is -3.87. The summed E-state index contributed by atoms with van der Waals surface area (Å²) in [5.74, 6) is -0.112. The molecule has 0 aliphatic carbocycles. The number of anilines is 1. The third kappa shape index (κ3) is 7.11. The predicted octanol–water partition coefficient (Wildman–Crippen LogP) is 2.41. The number of carbonyl (C=O) groups excluding carboxylic acids is 2. The van der Waals surface area contributed by atoms with Crippen molar-refractivity contribution in [1.29, 1.82) is 0 Å². The third-order valence-corrected chi connectivity index (χ3v) is 6.37. The van der Waals surface area contributed by atoms with Crippen LogP contribution >= 0.6 is 0 Å². The lowest BCUT2D eigenvalue weighted by Crippen LogP contribution is -2.51. The highest BCUT2D eigenvalue weighted by atomic mass is 32.2. The lowest BCUT2D eigenvalue weighted by Gasteiger charge is -2.31. The molecule has 10 heteroatoms. The smallest absolute Gasteiger partial charge is 0.244 e. The van der Waals surface area contributed by atoms with Crippen LogP contribution in [0.2, 0.25) is 0 Å². The number of nitrogens with one attached hydrogen (secondary N) is 1. The van der Waals surface area contributed by atoms with Gasteiger partial charge in [0.2, 0.25) is 21.8 Å². The Hall–Kier alpha value is -3.27. The maximum Gasteiger partial charge on any atom is 0.244 e. The predicted molar refractivity (Wildman–Crippen MR) is 131 cm³/mol. The van der Waals surface area contributed by atoms with E-state index < -0.39 is 28.5 Å². The Kier molecular flexibility index (Phi) is 9.73. The average molecular weight is 492 g/mol. The molecule has 0 aliphatic heterocycles. The second kappa shape index (κ2) is 12.3. The second-order valence-electron chi connectivity index (χ2n) is 7.78. The molecule has 0 spiro atoms. The first kappa shape index (κ1) is 27.0. The highest BCUT2D eigenvalue weighted by molar-refractivity contribution is 7.92. The first-order valence-corrected chi connectivity index (χ1v) is 12.8. The molecule has 0 heterocycles. The van der Waals surface area contributed by atoms with E-state index in [-0.39, 0.29) is 23.9 Å². The molecule has 1 atom stereocenters. The maximum atomic E-state index is 13.5. The summed E-state index contributed by atoms with van der Waals surface area (Å²) in [5, 5.41) is 2.80. The molecule has 1 N–H and O–H groups in total. The third-order valence-electron chi connectivity index (χ3n) is 5.25. The van der Waals surface area contributed by atoms with Gasteiger partial charge in [0, 0.05) is 19.2 Å². The van der Waals surface area contributed by atoms with E-state index in [2.05, 4.69) is 5.32 Å². The van der Waals surface area contributed by atoms with Crippen LogP contribution in [0.25, 0.3) is 0 Å². The summed E-state index contributed by atoms with van der Waals surface area (Å²) >= 11 is 0. The highest BCUT2D eigenvalue weighted by Gasteiger charge is 2.31. The Labute approximate surface area is 201 Å². The van der Waals surface area contributed by atoms with Gasteiger partial charge in [-0.05, 0) is 31.0 Å². The van der Waals surface area contributed by atoms with E-state index >= 15 is 0 Å². The van der Waals surface area contributed by atoms with E-state index in [1.54, 1.807) is 19.1 Å². The standard InChI is InChI=1S/C24H33N3O6S/c1-6-14-25-24(29)18(2)26(16-19-10-8-7-9-11-19)23(28)17-27(34(5,30)31)21-13-12-20(32-3)15-22(21)33-4/h7-13,15,18H,6,14,16-17H2,1-5H3,(H,25,29)/t18-/m1/s1. The first-order valence-electron chi connectivity index (χ1n) is 10.9. The van der Waals surface area contributed by atoms with Crippen molar-refractivity contribution in [2.24, 2.45) is 0 Å². The molecule has 2 amide bonds. The summed E-state index contributed by atoms with van der Waals surface area (Å²) < 4.78 is 36.9. The van der Waals surface area contributed by atoms with Gasteiger partial charge in [-0.15, -0.1) is 0 Å². The molecule has 0 saturated heterocycles. The molecule has 2 aromatic rings.